The van der Waals surface area contributed by atoms with Crippen LogP contribution in [0.4, 0.5) is 0 Å². The highest BCUT2D eigenvalue weighted by Crippen LogP contribution is 2.22. The summed E-state index contributed by atoms with van der Waals surface area (Å²) in [5.74, 6) is -0.263. The van der Waals surface area contributed by atoms with Gasteiger partial charge in [0.15, 0.2) is 0 Å². The summed E-state index contributed by atoms with van der Waals surface area (Å²) in [6.45, 7) is 5.86. The van der Waals surface area contributed by atoms with E-state index < -0.39 is 12.1 Å². The molecule has 24 heavy (non-hydrogen) atoms. The number of hydrogen-bond donors (Lipinski definition) is 3. The smallest absolute Gasteiger partial charge is 0.243 e. The summed E-state index contributed by atoms with van der Waals surface area (Å²) in [5.41, 5.74) is 4.61. The third kappa shape index (κ3) is 3.35. The number of rotatable bonds is 4. The number of benzene rings is 1. The van der Waals surface area contributed by atoms with Crippen molar-refractivity contribution in [2.75, 3.05) is 0 Å². The van der Waals surface area contributed by atoms with Gasteiger partial charge in [0.2, 0.25) is 11.8 Å². The van der Waals surface area contributed by atoms with Crippen LogP contribution in [-0.2, 0) is 22.4 Å². The SMILES string of the molecule is CC(C)=CCc1ccc2[nH]cc(C[C@@H]3NC(=O)[C@H](C)NC3=O)c2c1. The number of hydrogen-bond acceptors (Lipinski definition) is 2. The van der Waals surface area contributed by atoms with Gasteiger partial charge in [0, 0.05) is 23.5 Å². The maximum atomic E-state index is 12.1. The molecule has 0 radical (unpaired) electrons. The van der Waals surface area contributed by atoms with Crippen molar-refractivity contribution in [2.24, 2.45) is 0 Å². The minimum absolute atomic E-state index is 0.128. The normalized spacial score (nSPS) is 20.6. The van der Waals surface area contributed by atoms with Crippen molar-refractivity contribution in [1.29, 1.82) is 0 Å². The van der Waals surface area contributed by atoms with Gasteiger partial charge in [0.25, 0.3) is 0 Å². The molecule has 1 saturated heterocycles. The Labute approximate surface area is 141 Å². The van der Waals surface area contributed by atoms with Crippen LogP contribution in [0.15, 0.2) is 36.0 Å². The van der Waals surface area contributed by atoms with Crippen LogP contribution >= 0.6 is 0 Å². The molecule has 1 fully saturated rings. The predicted molar refractivity (Wildman–Crippen MR) is 94.7 cm³/mol. The van der Waals surface area contributed by atoms with Gasteiger partial charge >= 0.3 is 0 Å². The van der Waals surface area contributed by atoms with Crippen molar-refractivity contribution in [2.45, 2.75) is 45.7 Å². The molecular formula is C19H23N3O2. The maximum Gasteiger partial charge on any atom is 0.243 e. The molecule has 0 spiro atoms. The van der Waals surface area contributed by atoms with Crippen LogP contribution in [0.5, 0.6) is 0 Å². The van der Waals surface area contributed by atoms with Gasteiger partial charge in [-0.15, -0.1) is 0 Å². The van der Waals surface area contributed by atoms with Gasteiger partial charge in [-0.3, -0.25) is 9.59 Å². The van der Waals surface area contributed by atoms with Gasteiger partial charge < -0.3 is 15.6 Å². The Balaban J connectivity index is 1.84. The Hall–Kier alpha value is -2.56. The molecule has 0 aliphatic carbocycles. The summed E-state index contributed by atoms with van der Waals surface area (Å²) in [4.78, 5) is 27.2. The molecular weight excluding hydrogens is 302 g/mol. The maximum absolute atomic E-state index is 12.1. The quantitative estimate of drug-likeness (QED) is 0.754. The molecule has 0 saturated carbocycles. The number of amides is 2. The van der Waals surface area contributed by atoms with Crippen molar-refractivity contribution in [3.8, 4) is 0 Å². The zero-order valence-electron chi connectivity index (χ0n) is 14.3. The van der Waals surface area contributed by atoms with Crippen molar-refractivity contribution in [3.05, 3.63) is 47.2 Å². The molecule has 2 aromatic rings. The Bertz CT molecular complexity index is 815. The van der Waals surface area contributed by atoms with E-state index in [4.69, 9.17) is 0 Å². The van der Waals surface area contributed by atoms with Crippen LogP contribution in [0.3, 0.4) is 0 Å². The van der Waals surface area contributed by atoms with E-state index >= 15 is 0 Å². The molecule has 0 unspecified atom stereocenters. The lowest BCUT2D eigenvalue weighted by Gasteiger charge is -2.27. The molecule has 3 rings (SSSR count). The van der Waals surface area contributed by atoms with E-state index in [0.717, 1.165) is 22.9 Å². The van der Waals surface area contributed by atoms with Crippen molar-refractivity contribution < 1.29 is 9.59 Å². The number of H-pyrrole nitrogens is 1. The van der Waals surface area contributed by atoms with E-state index in [1.807, 2.05) is 6.20 Å². The first-order valence-electron chi connectivity index (χ1n) is 8.27. The third-order valence-corrected chi connectivity index (χ3v) is 4.39. The summed E-state index contributed by atoms with van der Waals surface area (Å²) in [6, 6.07) is 5.35. The first kappa shape index (κ1) is 16.3. The van der Waals surface area contributed by atoms with Gasteiger partial charge in [0.05, 0.1) is 0 Å². The summed E-state index contributed by atoms with van der Waals surface area (Å²) < 4.78 is 0. The second kappa shape index (κ2) is 6.51. The monoisotopic (exact) mass is 325 g/mol. The molecule has 126 valence electrons. The van der Waals surface area contributed by atoms with Gasteiger partial charge in [-0.2, -0.15) is 0 Å². The summed E-state index contributed by atoms with van der Waals surface area (Å²) >= 11 is 0. The van der Waals surface area contributed by atoms with Crippen LogP contribution in [0.1, 0.15) is 31.9 Å². The highest BCUT2D eigenvalue weighted by molar-refractivity contribution is 5.97. The molecule has 5 nitrogen and oxygen atoms in total. The van der Waals surface area contributed by atoms with E-state index in [0.29, 0.717) is 6.42 Å². The second-order valence-corrected chi connectivity index (χ2v) is 6.68. The van der Waals surface area contributed by atoms with Crippen LogP contribution in [-0.4, -0.2) is 28.9 Å². The van der Waals surface area contributed by atoms with Crippen LogP contribution in [0.2, 0.25) is 0 Å². The standard InChI is InChI=1S/C19H23N3O2/c1-11(2)4-5-13-6-7-16-15(8-13)14(10-20-16)9-17-19(24)21-12(3)18(23)22-17/h4,6-8,10,12,17,20H,5,9H2,1-3H3,(H,21,24)(H,22,23)/t12-,17-/m0/s1. The molecule has 1 aliphatic heterocycles. The highest BCUT2D eigenvalue weighted by Gasteiger charge is 2.31. The molecule has 1 aromatic carbocycles. The lowest BCUT2D eigenvalue weighted by molar-refractivity contribution is -0.136. The topological polar surface area (TPSA) is 74.0 Å². The van der Waals surface area contributed by atoms with E-state index in [1.165, 1.54) is 11.1 Å². The number of fused-ring (bicyclic) bond motifs is 1. The fourth-order valence-corrected chi connectivity index (χ4v) is 2.95. The average molecular weight is 325 g/mol. The lowest BCUT2D eigenvalue weighted by Crippen LogP contribution is -2.61. The van der Waals surface area contributed by atoms with Gasteiger partial charge in [-0.05, 0) is 50.5 Å². The van der Waals surface area contributed by atoms with Crippen LogP contribution in [0, 0.1) is 0 Å². The summed E-state index contributed by atoms with van der Waals surface area (Å²) in [6.07, 6.45) is 5.49. The first-order valence-corrected chi connectivity index (χ1v) is 8.27. The Kier molecular flexibility index (Phi) is 4.42. The summed E-state index contributed by atoms with van der Waals surface area (Å²) in [5, 5.41) is 6.62. The Morgan fingerprint density at radius 2 is 1.96 bits per heavy atom. The Morgan fingerprint density at radius 3 is 2.71 bits per heavy atom. The number of nitrogens with one attached hydrogen (secondary N) is 3. The van der Waals surface area contributed by atoms with Crippen molar-refractivity contribution in [1.82, 2.24) is 15.6 Å². The molecule has 3 N–H and O–H groups in total. The van der Waals surface area contributed by atoms with Gasteiger partial charge in [-0.1, -0.05) is 17.7 Å². The average Bonchev–Trinajstić information content (AvgIpc) is 2.93. The molecule has 2 atom stereocenters. The third-order valence-electron chi connectivity index (χ3n) is 4.39. The predicted octanol–water partition coefficient (Wildman–Crippen LogP) is 2.22. The zero-order chi connectivity index (χ0) is 17.3. The molecule has 2 heterocycles. The molecule has 0 bridgehead atoms. The number of aromatic amines is 1. The zero-order valence-corrected chi connectivity index (χ0v) is 14.3. The largest absolute Gasteiger partial charge is 0.361 e. The Morgan fingerprint density at radius 1 is 1.17 bits per heavy atom. The van der Waals surface area contributed by atoms with Crippen molar-refractivity contribution >= 4 is 22.7 Å². The molecule has 1 aliphatic rings. The number of allylic oxidation sites excluding steroid dienone is 2. The van der Waals surface area contributed by atoms with Gasteiger partial charge in [0.1, 0.15) is 12.1 Å². The number of piperazine rings is 1. The molecule has 1 aromatic heterocycles. The number of carbonyl (C=O) groups is 2. The second-order valence-electron chi connectivity index (χ2n) is 6.68. The van der Waals surface area contributed by atoms with E-state index in [2.05, 4.69) is 53.7 Å². The van der Waals surface area contributed by atoms with E-state index in [1.54, 1.807) is 6.92 Å². The van der Waals surface area contributed by atoms with E-state index in [-0.39, 0.29) is 11.8 Å². The number of carbonyl (C=O) groups excluding carboxylic acids is 2. The minimum Gasteiger partial charge on any atom is -0.361 e. The molecule has 5 heteroatoms. The van der Waals surface area contributed by atoms with Crippen molar-refractivity contribution in [3.63, 3.8) is 0 Å². The van der Waals surface area contributed by atoms with Gasteiger partial charge in [-0.25, -0.2) is 0 Å². The van der Waals surface area contributed by atoms with Crippen LogP contribution in [0.25, 0.3) is 10.9 Å². The lowest BCUT2D eigenvalue weighted by atomic mass is 10.00. The first-order chi connectivity index (χ1) is 11.4. The fourth-order valence-electron chi connectivity index (χ4n) is 2.95. The fraction of sp³-hybridized carbons (Fsp3) is 0.368. The molecule has 2 amide bonds. The van der Waals surface area contributed by atoms with Crippen LogP contribution < -0.4 is 10.6 Å². The number of aromatic nitrogens is 1. The van der Waals surface area contributed by atoms with E-state index in [9.17, 15) is 9.59 Å². The summed E-state index contributed by atoms with van der Waals surface area (Å²) in [7, 11) is 0. The minimum atomic E-state index is -0.519. The highest BCUT2D eigenvalue weighted by atomic mass is 16.2.